The number of ether oxygens (including phenoxy) is 2. The molecule has 0 unspecified atom stereocenters. The van der Waals surface area contributed by atoms with Crippen molar-refractivity contribution in [3.63, 3.8) is 0 Å². The van der Waals surface area contributed by atoms with Crippen molar-refractivity contribution in [1.29, 1.82) is 0 Å². The van der Waals surface area contributed by atoms with Gasteiger partial charge in [-0.1, -0.05) is 26.0 Å². The van der Waals surface area contributed by atoms with Crippen LogP contribution in [0.4, 0.5) is 17.6 Å². The van der Waals surface area contributed by atoms with Crippen molar-refractivity contribution < 1.29 is 36.6 Å². The Morgan fingerprint density at radius 3 is 1.76 bits per heavy atom. The highest BCUT2D eigenvalue weighted by molar-refractivity contribution is 5.69. The molecule has 0 radical (unpaired) electrons. The molecule has 0 aliphatic rings. The second-order valence-electron chi connectivity index (χ2n) is 3.89. The van der Waals surface area contributed by atoms with E-state index in [4.69, 9.17) is 0 Å². The Balaban J connectivity index is -0.000000372. The van der Waals surface area contributed by atoms with E-state index in [1.807, 2.05) is 0 Å². The van der Waals surface area contributed by atoms with Crippen LogP contribution in [-0.2, 0) is 25.7 Å². The highest BCUT2D eigenvalue weighted by atomic mass is 19.2. The molecule has 0 saturated heterocycles. The van der Waals surface area contributed by atoms with E-state index < -0.39 is 17.6 Å². The Morgan fingerprint density at radius 2 is 1.36 bits per heavy atom. The molecule has 146 valence electrons. The summed E-state index contributed by atoms with van der Waals surface area (Å²) in [5, 5.41) is 0. The maximum atomic E-state index is 13.0. The van der Waals surface area contributed by atoms with Gasteiger partial charge in [-0.05, 0) is 13.0 Å². The van der Waals surface area contributed by atoms with Crippen molar-refractivity contribution >= 4 is 11.9 Å². The monoisotopic (exact) mass is 370 g/mol. The Labute approximate surface area is 146 Å². The number of carbonyl (C=O) groups is 2. The number of hydrogen-bond donors (Lipinski definition) is 0. The van der Waals surface area contributed by atoms with Gasteiger partial charge in [0.2, 0.25) is 0 Å². The molecule has 0 heterocycles. The quantitative estimate of drug-likeness (QED) is 0.564. The number of hydrogen-bond acceptors (Lipinski definition) is 4. The first-order valence-corrected chi connectivity index (χ1v) is 7.45. The number of alkyl halides is 2. The van der Waals surface area contributed by atoms with Crippen LogP contribution in [0.2, 0.25) is 0 Å². The zero-order valence-corrected chi connectivity index (χ0v) is 15.2. The summed E-state index contributed by atoms with van der Waals surface area (Å²) in [4.78, 5) is 20.9. The molecule has 0 atom stereocenters. The molecule has 0 fully saturated rings. The van der Waals surface area contributed by atoms with Gasteiger partial charge in [0.05, 0.1) is 21.0 Å². The van der Waals surface area contributed by atoms with Gasteiger partial charge in [-0.25, -0.2) is 8.78 Å². The number of benzene rings is 1. The van der Waals surface area contributed by atoms with Gasteiger partial charge < -0.3 is 9.47 Å². The van der Waals surface area contributed by atoms with Crippen LogP contribution in [0.5, 0.6) is 0 Å². The van der Waals surface area contributed by atoms with E-state index in [1.54, 1.807) is 20.8 Å². The molecule has 1 aromatic rings. The lowest BCUT2D eigenvalue weighted by atomic mass is 10.2. The van der Waals surface area contributed by atoms with Crippen LogP contribution in [0, 0.1) is 11.6 Å². The highest BCUT2D eigenvalue weighted by Crippen LogP contribution is 2.12. The molecule has 25 heavy (non-hydrogen) atoms. The van der Waals surface area contributed by atoms with E-state index in [0.717, 1.165) is 6.07 Å². The first-order chi connectivity index (χ1) is 12.0. The van der Waals surface area contributed by atoms with Crippen LogP contribution < -0.4 is 0 Å². The fourth-order valence-corrected chi connectivity index (χ4v) is 1.18. The third kappa shape index (κ3) is 15.2. The smallest absolute Gasteiger partial charge is 0.305 e. The van der Waals surface area contributed by atoms with E-state index in [-0.39, 0.29) is 24.6 Å². The molecule has 0 aliphatic carbocycles. The van der Waals surface area contributed by atoms with Crippen molar-refractivity contribution in [3.8, 4) is 0 Å². The van der Waals surface area contributed by atoms with Crippen LogP contribution in [0.15, 0.2) is 18.2 Å². The van der Waals surface area contributed by atoms with Gasteiger partial charge in [-0.2, -0.15) is 0 Å². The molecule has 0 amide bonds. The van der Waals surface area contributed by atoms with Crippen LogP contribution >= 0.6 is 0 Å². The molecule has 0 spiro atoms. The van der Waals surface area contributed by atoms with Gasteiger partial charge in [0.1, 0.15) is 6.61 Å². The summed E-state index contributed by atoms with van der Waals surface area (Å²) in [6.45, 7) is 5.47. The third-order valence-corrected chi connectivity index (χ3v) is 2.30. The topological polar surface area (TPSA) is 52.6 Å². The minimum Gasteiger partial charge on any atom is -0.466 e. The molecule has 0 saturated carbocycles. The molecule has 4 nitrogen and oxygen atoms in total. The lowest BCUT2D eigenvalue weighted by molar-refractivity contribution is -0.145. The number of esters is 2. The standard InChI is InChI=1S/C10H10F2O2.C5H10O2.2CH3F/c1-2-9(13)14-6-7-4-3-5-8(11)10(7)12;1-3-5(6)7-4-2;2*1-2/h3-5H,2,6H2,1H3;3-4H2,1-2H3;2*1H3. The fourth-order valence-electron chi connectivity index (χ4n) is 1.18. The van der Waals surface area contributed by atoms with Crippen molar-refractivity contribution in [2.24, 2.45) is 0 Å². The molecule has 0 N–H and O–H groups in total. The molecule has 0 aliphatic heterocycles. The normalized spacial score (nSPS) is 8.36. The lowest BCUT2D eigenvalue weighted by Crippen LogP contribution is -2.04. The van der Waals surface area contributed by atoms with Crippen LogP contribution in [0.25, 0.3) is 0 Å². The molecule has 1 aromatic carbocycles. The molecular weight excluding hydrogens is 344 g/mol. The van der Waals surface area contributed by atoms with Gasteiger partial charge in [-0.15, -0.1) is 0 Å². The summed E-state index contributed by atoms with van der Waals surface area (Å²) in [6.07, 6.45) is 0.699. The van der Waals surface area contributed by atoms with Gasteiger partial charge in [0.15, 0.2) is 11.6 Å². The number of rotatable bonds is 5. The first-order valence-electron chi connectivity index (χ1n) is 7.45. The van der Waals surface area contributed by atoms with Crippen LogP contribution in [0.1, 0.15) is 39.2 Å². The van der Waals surface area contributed by atoms with E-state index in [1.165, 1.54) is 12.1 Å². The summed E-state index contributed by atoms with van der Waals surface area (Å²) in [6, 6.07) is 3.76. The molecule has 0 aromatic heterocycles. The zero-order chi connectivity index (χ0) is 20.3. The minimum atomic E-state index is -0.962. The minimum absolute atomic E-state index is 0.0480. The lowest BCUT2D eigenvalue weighted by Gasteiger charge is -2.04. The maximum Gasteiger partial charge on any atom is 0.305 e. The van der Waals surface area contributed by atoms with Gasteiger partial charge in [0.25, 0.3) is 0 Å². The fraction of sp³-hybridized carbons (Fsp3) is 0.529. The highest BCUT2D eigenvalue weighted by Gasteiger charge is 2.08. The summed E-state index contributed by atoms with van der Waals surface area (Å²) < 4.78 is 53.9. The summed E-state index contributed by atoms with van der Waals surface area (Å²) in [5.41, 5.74) is 0.0480. The van der Waals surface area contributed by atoms with E-state index in [2.05, 4.69) is 9.47 Å². The van der Waals surface area contributed by atoms with Gasteiger partial charge in [-0.3, -0.25) is 18.4 Å². The van der Waals surface area contributed by atoms with Crippen molar-refractivity contribution in [1.82, 2.24) is 0 Å². The second kappa shape index (κ2) is 19.9. The van der Waals surface area contributed by atoms with E-state index >= 15 is 0 Å². The molecule has 0 bridgehead atoms. The Kier molecular flexibility index (Phi) is 22.1. The average Bonchev–Trinajstić information content (AvgIpc) is 2.66. The predicted molar refractivity (Wildman–Crippen MR) is 87.4 cm³/mol. The van der Waals surface area contributed by atoms with Crippen LogP contribution in [0.3, 0.4) is 0 Å². The predicted octanol–water partition coefficient (Wildman–Crippen LogP) is 4.55. The van der Waals surface area contributed by atoms with Gasteiger partial charge >= 0.3 is 11.9 Å². The molecule has 1 rings (SSSR count). The summed E-state index contributed by atoms with van der Waals surface area (Å²) >= 11 is 0. The van der Waals surface area contributed by atoms with Crippen LogP contribution in [-0.4, -0.2) is 32.9 Å². The molecular formula is C17H26F4O4. The maximum absolute atomic E-state index is 13.0. The van der Waals surface area contributed by atoms with Crippen molar-refractivity contribution in [3.05, 3.63) is 35.4 Å². The summed E-state index contributed by atoms with van der Waals surface area (Å²) in [7, 11) is 1.00. The SMILES string of the molecule is CCC(=O)OCc1cccc(F)c1F.CCOC(=O)CC.CF.CF. The van der Waals surface area contributed by atoms with E-state index in [9.17, 15) is 27.2 Å². The van der Waals surface area contributed by atoms with Gasteiger partial charge in [0, 0.05) is 18.4 Å². The third-order valence-electron chi connectivity index (χ3n) is 2.30. The molecule has 8 heteroatoms. The van der Waals surface area contributed by atoms with Crippen molar-refractivity contribution in [2.45, 2.75) is 40.2 Å². The number of carbonyl (C=O) groups excluding carboxylic acids is 2. The second-order valence-corrected chi connectivity index (χ2v) is 3.89. The van der Waals surface area contributed by atoms with E-state index in [0.29, 0.717) is 27.4 Å². The first kappa shape index (κ1) is 27.7. The van der Waals surface area contributed by atoms with Crippen molar-refractivity contribution in [2.75, 3.05) is 21.0 Å². The largest absolute Gasteiger partial charge is 0.466 e. The Hall–Kier alpha value is -2.12. The number of halogens is 4. The average molecular weight is 370 g/mol. The Bertz CT molecular complexity index is 468. The zero-order valence-electron chi connectivity index (χ0n) is 15.2. The Morgan fingerprint density at radius 1 is 0.880 bits per heavy atom. The summed E-state index contributed by atoms with van der Waals surface area (Å²) in [5.74, 6) is -2.46.